The Kier molecular flexibility index (Phi) is 17.0. The molecule has 0 aliphatic rings. The molecule has 35 heavy (non-hydrogen) atoms. The lowest BCUT2D eigenvalue weighted by Gasteiger charge is -2.23. The molecule has 0 radical (unpaired) electrons. The Labute approximate surface area is 214 Å². The molecule has 0 aromatic rings. The van der Waals surface area contributed by atoms with Gasteiger partial charge in [-0.25, -0.2) is 9.13 Å². The van der Waals surface area contributed by atoms with Crippen molar-refractivity contribution in [3.63, 3.8) is 0 Å². The molecule has 0 aliphatic carbocycles. The van der Waals surface area contributed by atoms with Crippen LogP contribution in [0.1, 0.15) is 81.1 Å². The third kappa shape index (κ3) is 19.9. The van der Waals surface area contributed by atoms with Gasteiger partial charge in [-0.05, 0) is 48.3 Å². The summed E-state index contributed by atoms with van der Waals surface area (Å²) in [6.07, 6.45) is 3.61. The number of rotatable bonds is 20. The summed E-state index contributed by atoms with van der Waals surface area (Å²) in [7, 11) is -4.67. The molecule has 9 nitrogen and oxygen atoms in total. The summed E-state index contributed by atoms with van der Waals surface area (Å²) in [6, 6.07) is 0. The number of ether oxygens (including phenoxy) is 1. The minimum Gasteiger partial charge on any atom is -0.377 e. The first-order valence-electron chi connectivity index (χ1n) is 12.5. The van der Waals surface area contributed by atoms with Crippen molar-refractivity contribution in [2.24, 2.45) is 22.7 Å². The van der Waals surface area contributed by atoms with Crippen LogP contribution in [0.3, 0.4) is 0 Å². The van der Waals surface area contributed by atoms with E-state index in [0.29, 0.717) is 25.0 Å². The smallest absolute Gasteiger partial charge is 0.377 e. The third-order valence-electron chi connectivity index (χ3n) is 5.04. The second-order valence-corrected chi connectivity index (χ2v) is 15.1. The van der Waals surface area contributed by atoms with Gasteiger partial charge in [0.1, 0.15) is 0 Å². The zero-order valence-corrected chi connectivity index (χ0v) is 25.6. The maximum atomic E-state index is 12.5. The second kappa shape index (κ2) is 16.9. The van der Waals surface area contributed by atoms with Gasteiger partial charge in [0.15, 0.2) is 0 Å². The van der Waals surface area contributed by atoms with Crippen molar-refractivity contribution in [2.75, 3.05) is 53.9 Å². The van der Waals surface area contributed by atoms with Gasteiger partial charge in [-0.15, -0.1) is 0 Å². The Bertz CT molecular complexity index is 590. The number of hydrogen-bond donors (Lipinski definition) is 0. The van der Waals surface area contributed by atoms with Gasteiger partial charge in [0.05, 0.1) is 39.6 Å². The Morgan fingerprint density at radius 1 is 0.571 bits per heavy atom. The Morgan fingerprint density at radius 3 is 1.17 bits per heavy atom. The molecular formula is C24H52O9P2. The molecule has 0 saturated heterocycles. The Morgan fingerprint density at radius 2 is 0.886 bits per heavy atom. The van der Waals surface area contributed by atoms with Crippen LogP contribution in [0.2, 0.25) is 0 Å². The van der Waals surface area contributed by atoms with Crippen molar-refractivity contribution in [3.8, 4) is 0 Å². The van der Waals surface area contributed by atoms with Gasteiger partial charge in [0.25, 0.3) is 0 Å². The molecule has 0 aliphatic heterocycles. The van der Waals surface area contributed by atoms with Crippen LogP contribution in [0.25, 0.3) is 0 Å². The number of hydrogen-bond acceptors (Lipinski definition) is 9. The fourth-order valence-electron chi connectivity index (χ4n) is 3.83. The van der Waals surface area contributed by atoms with E-state index in [1.54, 1.807) is 0 Å². The maximum absolute atomic E-state index is 12.5. The molecule has 0 rings (SSSR count). The average molecular weight is 547 g/mol. The molecule has 212 valence electrons. The van der Waals surface area contributed by atoms with E-state index in [1.165, 1.54) is 14.2 Å². The van der Waals surface area contributed by atoms with Crippen molar-refractivity contribution in [1.82, 2.24) is 0 Å². The fourth-order valence-corrected chi connectivity index (χ4v) is 5.65. The summed E-state index contributed by atoms with van der Waals surface area (Å²) in [4.78, 5) is 0. The molecule has 0 saturated carbocycles. The van der Waals surface area contributed by atoms with Crippen molar-refractivity contribution in [3.05, 3.63) is 0 Å². The predicted octanol–water partition coefficient (Wildman–Crippen LogP) is 7.50. The predicted molar refractivity (Wildman–Crippen MR) is 140 cm³/mol. The second-order valence-electron chi connectivity index (χ2n) is 11.5. The van der Waals surface area contributed by atoms with Gasteiger partial charge in [-0.3, -0.25) is 27.1 Å². The molecule has 0 fully saturated rings. The third-order valence-corrected chi connectivity index (χ3v) is 7.93. The quantitative estimate of drug-likeness (QED) is 0.113. The van der Waals surface area contributed by atoms with Crippen molar-refractivity contribution in [1.29, 1.82) is 0 Å². The summed E-state index contributed by atoms with van der Waals surface area (Å²) in [6.45, 7) is 18.3. The molecule has 0 amide bonds. The molecule has 0 aromatic heterocycles. The van der Waals surface area contributed by atoms with Gasteiger partial charge >= 0.3 is 15.6 Å². The monoisotopic (exact) mass is 546 g/mol. The first-order chi connectivity index (χ1) is 16.0. The highest BCUT2D eigenvalue weighted by atomic mass is 31.2. The van der Waals surface area contributed by atoms with E-state index in [1.807, 2.05) is 0 Å². The van der Waals surface area contributed by atoms with E-state index < -0.39 is 15.6 Å². The summed E-state index contributed by atoms with van der Waals surface area (Å²) in [5.74, 6) is 0.866. The number of phosphoric acid groups is 2. The van der Waals surface area contributed by atoms with Crippen LogP contribution in [0.4, 0.5) is 0 Å². The minimum atomic E-state index is -3.62. The van der Waals surface area contributed by atoms with E-state index in [0.717, 1.165) is 25.7 Å². The molecule has 0 N–H and O–H groups in total. The lowest BCUT2D eigenvalue weighted by molar-refractivity contribution is 0.0446. The highest BCUT2D eigenvalue weighted by Gasteiger charge is 2.27. The van der Waals surface area contributed by atoms with Crippen LogP contribution >= 0.6 is 15.6 Å². The number of phosphoric ester groups is 2. The first-order valence-corrected chi connectivity index (χ1v) is 15.4. The van der Waals surface area contributed by atoms with Crippen LogP contribution < -0.4 is 0 Å². The van der Waals surface area contributed by atoms with Crippen molar-refractivity contribution >= 4 is 15.6 Å². The van der Waals surface area contributed by atoms with Crippen molar-refractivity contribution in [2.45, 2.75) is 81.1 Å². The zero-order valence-electron chi connectivity index (χ0n) is 23.8. The lowest BCUT2D eigenvalue weighted by atomic mass is 9.84. The van der Waals surface area contributed by atoms with Gasteiger partial charge < -0.3 is 4.74 Å². The van der Waals surface area contributed by atoms with Gasteiger partial charge in [-0.2, -0.15) is 0 Å². The van der Waals surface area contributed by atoms with Gasteiger partial charge in [0.2, 0.25) is 0 Å². The zero-order chi connectivity index (χ0) is 27.2. The van der Waals surface area contributed by atoms with Crippen LogP contribution in [0.15, 0.2) is 0 Å². The lowest BCUT2D eigenvalue weighted by Crippen LogP contribution is -2.13. The topological polar surface area (TPSA) is 98.8 Å². The maximum Gasteiger partial charge on any atom is 0.474 e. The van der Waals surface area contributed by atoms with E-state index in [9.17, 15) is 9.13 Å². The van der Waals surface area contributed by atoms with Gasteiger partial charge in [-0.1, -0.05) is 55.4 Å². The molecule has 0 spiro atoms. The molecule has 11 heteroatoms. The van der Waals surface area contributed by atoms with Gasteiger partial charge in [0, 0.05) is 14.2 Å². The first kappa shape index (κ1) is 35.2. The SMILES string of the molecule is COP(=O)(OCCOCCOP(=O)(OC)OCCC(C)CC(C)(C)C)OCCC(C)CC(C)(C)C. The molecule has 4 unspecified atom stereocenters. The van der Waals surface area contributed by atoms with Crippen LogP contribution in [-0.4, -0.2) is 53.9 Å². The summed E-state index contributed by atoms with van der Waals surface area (Å²) in [5.41, 5.74) is 0.464. The average Bonchev–Trinajstić information content (AvgIpc) is 2.70. The van der Waals surface area contributed by atoms with E-state index in [-0.39, 0.29) is 37.3 Å². The summed E-state index contributed by atoms with van der Waals surface area (Å²) >= 11 is 0. The standard InChI is InChI=1S/C24H52O9P2/c1-21(19-23(3,4)5)11-13-30-34(25,27-9)32-17-15-29-16-18-33-35(26,28-10)31-14-12-22(2)20-24(6,7)8/h21-22H,11-20H2,1-10H3. The molecular weight excluding hydrogens is 494 g/mol. The molecule has 0 heterocycles. The Balaban J connectivity index is 4.10. The van der Waals surface area contributed by atoms with E-state index >= 15 is 0 Å². The summed E-state index contributed by atoms with van der Waals surface area (Å²) in [5, 5.41) is 0. The van der Waals surface area contributed by atoms with E-state index in [4.69, 9.17) is 31.9 Å². The normalized spacial score (nSPS) is 18.1. The molecule has 0 bridgehead atoms. The Hall–Kier alpha value is 0.180. The highest BCUT2D eigenvalue weighted by molar-refractivity contribution is 7.48. The fraction of sp³-hybridized carbons (Fsp3) is 1.00. The van der Waals surface area contributed by atoms with Crippen molar-refractivity contribution < 1.29 is 41.0 Å². The largest absolute Gasteiger partial charge is 0.474 e. The highest BCUT2D eigenvalue weighted by Crippen LogP contribution is 2.49. The van der Waals surface area contributed by atoms with Crippen LogP contribution in [0, 0.1) is 22.7 Å². The molecule has 4 atom stereocenters. The van der Waals surface area contributed by atoms with E-state index in [2.05, 4.69) is 55.4 Å². The minimum absolute atomic E-state index is 0.0206. The molecule has 0 aromatic carbocycles. The summed E-state index contributed by atoms with van der Waals surface area (Å²) < 4.78 is 61.7. The van der Waals surface area contributed by atoms with Crippen LogP contribution in [0.5, 0.6) is 0 Å². The van der Waals surface area contributed by atoms with Crippen LogP contribution in [-0.2, 0) is 41.0 Å².